The average Bonchev–Trinajstić information content (AvgIpc) is 2.54. The molecule has 2 rings (SSSR count). The first-order valence-corrected chi connectivity index (χ1v) is 8.09. The molecule has 23 heavy (non-hydrogen) atoms. The summed E-state index contributed by atoms with van der Waals surface area (Å²) in [6.45, 7) is 3.73. The van der Waals surface area contributed by atoms with Gasteiger partial charge in [-0.2, -0.15) is 0 Å². The van der Waals surface area contributed by atoms with E-state index in [1.165, 1.54) is 0 Å². The monoisotopic (exact) mass is 319 g/mol. The number of methoxy groups -OCH3 is 1. The summed E-state index contributed by atoms with van der Waals surface area (Å²) < 4.78 is 5.18. The van der Waals surface area contributed by atoms with Crippen LogP contribution in [-0.4, -0.2) is 29.6 Å². The van der Waals surface area contributed by atoms with Crippen molar-refractivity contribution in [2.75, 3.05) is 7.11 Å². The average molecular weight is 319 g/mol. The van der Waals surface area contributed by atoms with Crippen LogP contribution in [-0.2, 0) is 9.59 Å². The molecule has 0 bridgehead atoms. The third-order valence-electron chi connectivity index (χ3n) is 4.82. The number of carbonyl (C=O) groups excluding carboxylic acids is 1. The zero-order chi connectivity index (χ0) is 17.0. The van der Waals surface area contributed by atoms with Crippen molar-refractivity contribution in [1.29, 1.82) is 0 Å². The van der Waals surface area contributed by atoms with E-state index in [0.717, 1.165) is 36.1 Å². The minimum Gasteiger partial charge on any atom is -0.497 e. The molecule has 126 valence electrons. The van der Waals surface area contributed by atoms with Crippen molar-refractivity contribution in [3.8, 4) is 5.75 Å². The molecule has 0 aliphatic heterocycles. The van der Waals surface area contributed by atoms with Crippen molar-refractivity contribution in [1.82, 2.24) is 5.32 Å². The predicted molar refractivity (Wildman–Crippen MR) is 87.7 cm³/mol. The van der Waals surface area contributed by atoms with Crippen molar-refractivity contribution < 1.29 is 19.4 Å². The molecule has 0 spiro atoms. The van der Waals surface area contributed by atoms with Crippen LogP contribution in [0.4, 0.5) is 0 Å². The summed E-state index contributed by atoms with van der Waals surface area (Å²) in [6.07, 6.45) is 3.70. The minimum absolute atomic E-state index is 0.234. The summed E-state index contributed by atoms with van der Waals surface area (Å²) in [5.74, 6) is -0.820. The third kappa shape index (κ3) is 3.66. The molecular weight excluding hydrogens is 294 g/mol. The van der Waals surface area contributed by atoms with Gasteiger partial charge in [-0.25, -0.2) is 4.79 Å². The van der Waals surface area contributed by atoms with Crippen molar-refractivity contribution in [3.63, 3.8) is 0 Å². The second-order valence-corrected chi connectivity index (χ2v) is 6.38. The first kappa shape index (κ1) is 17.3. The molecule has 5 heteroatoms. The largest absolute Gasteiger partial charge is 0.497 e. The first-order valence-electron chi connectivity index (χ1n) is 8.09. The Morgan fingerprint density at radius 2 is 1.91 bits per heavy atom. The molecule has 1 aliphatic carbocycles. The fraction of sp³-hybridized carbons (Fsp3) is 0.556. The molecule has 0 aromatic heterocycles. The van der Waals surface area contributed by atoms with Gasteiger partial charge >= 0.3 is 5.97 Å². The highest BCUT2D eigenvalue weighted by molar-refractivity contribution is 5.90. The number of amides is 1. The van der Waals surface area contributed by atoms with Crippen LogP contribution in [0.3, 0.4) is 0 Å². The van der Waals surface area contributed by atoms with Gasteiger partial charge in [-0.3, -0.25) is 4.79 Å². The Labute approximate surface area is 137 Å². The zero-order valence-electron chi connectivity index (χ0n) is 14.0. The summed E-state index contributed by atoms with van der Waals surface area (Å²) in [5.41, 5.74) is 0.740. The van der Waals surface area contributed by atoms with Crippen LogP contribution in [0.1, 0.15) is 56.1 Å². The van der Waals surface area contributed by atoms with Gasteiger partial charge in [-0.1, -0.05) is 25.3 Å². The predicted octanol–water partition coefficient (Wildman–Crippen LogP) is 3.01. The Morgan fingerprint density at radius 3 is 2.43 bits per heavy atom. The lowest BCUT2D eigenvalue weighted by Crippen LogP contribution is -2.56. The van der Waals surface area contributed by atoms with Gasteiger partial charge in [0, 0.05) is 0 Å². The normalized spacial score (nSPS) is 18.0. The van der Waals surface area contributed by atoms with E-state index in [2.05, 4.69) is 5.32 Å². The number of hydrogen-bond donors (Lipinski definition) is 2. The number of hydrogen-bond acceptors (Lipinski definition) is 3. The van der Waals surface area contributed by atoms with E-state index in [9.17, 15) is 14.7 Å². The maximum Gasteiger partial charge on any atom is 0.329 e. The van der Waals surface area contributed by atoms with Gasteiger partial charge in [0.1, 0.15) is 11.3 Å². The van der Waals surface area contributed by atoms with Crippen LogP contribution < -0.4 is 10.1 Å². The van der Waals surface area contributed by atoms with E-state index in [4.69, 9.17) is 4.74 Å². The van der Waals surface area contributed by atoms with E-state index < -0.39 is 17.4 Å². The molecule has 1 aromatic carbocycles. The standard InChI is InChI=1S/C18H25NO4/c1-12-11-14(23-3)7-8-15(12)13(2)16(20)19-18(17(21)22)9-5-4-6-10-18/h7-8,11,13H,4-6,9-10H2,1-3H3,(H,19,20)(H,21,22). The van der Waals surface area contributed by atoms with Gasteiger partial charge in [0.25, 0.3) is 0 Å². The van der Waals surface area contributed by atoms with Gasteiger partial charge < -0.3 is 15.2 Å². The highest BCUT2D eigenvalue weighted by Crippen LogP contribution is 2.30. The highest BCUT2D eigenvalue weighted by atomic mass is 16.5. The minimum atomic E-state index is -1.11. The lowest BCUT2D eigenvalue weighted by Gasteiger charge is -2.35. The second kappa shape index (κ2) is 7.02. The second-order valence-electron chi connectivity index (χ2n) is 6.38. The van der Waals surface area contributed by atoms with Crippen LogP contribution in [0, 0.1) is 6.92 Å². The zero-order valence-corrected chi connectivity index (χ0v) is 14.0. The van der Waals surface area contributed by atoms with E-state index in [1.54, 1.807) is 7.11 Å². The molecule has 1 aliphatic rings. The van der Waals surface area contributed by atoms with Gasteiger partial charge in [0.2, 0.25) is 5.91 Å². The summed E-state index contributed by atoms with van der Waals surface area (Å²) >= 11 is 0. The number of aliphatic carboxylic acids is 1. The Balaban J connectivity index is 2.17. The van der Waals surface area contributed by atoms with Crippen LogP contribution in [0.25, 0.3) is 0 Å². The van der Waals surface area contributed by atoms with Crippen LogP contribution >= 0.6 is 0 Å². The van der Waals surface area contributed by atoms with Crippen molar-refractivity contribution >= 4 is 11.9 Å². The molecule has 0 saturated heterocycles. The van der Waals surface area contributed by atoms with Gasteiger partial charge in [0.05, 0.1) is 13.0 Å². The molecule has 1 amide bonds. The Hall–Kier alpha value is -2.04. The Kier molecular flexibility index (Phi) is 5.29. The van der Waals surface area contributed by atoms with Crippen molar-refractivity contribution in [2.24, 2.45) is 0 Å². The molecule has 1 aromatic rings. The van der Waals surface area contributed by atoms with Crippen LogP contribution in [0.5, 0.6) is 5.75 Å². The molecule has 2 N–H and O–H groups in total. The molecular formula is C18H25NO4. The maximum atomic E-state index is 12.6. The highest BCUT2D eigenvalue weighted by Gasteiger charge is 2.41. The van der Waals surface area contributed by atoms with Gasteiger partial charge in [-0.15, -0.1) is 0 Å². The number of nitrogens with one attached hydrogen (secondary N) is 1. The van der Waals surface area contributed by atoms with Crippen LogP contribution in [0.15, 0.2) is 18.2 Å². The van der Waals surface area contributed by atoms with Crippen LogP contribution in [0.2, 0.25) is 0 Å². The number of carbonyl (C=O) groups is 2. The number of rotatable bonds is 5. The van der Waals surface area contributed by atoms with Crippen molar-refractivity contribution in [2.45, 2.75) is 57.4 Å². The third-order valence-corrected chi connectivity index (χ3v) is 4.82. The maximum absolute atomic E-state index is 12.6. The van der Waals surface area contributed by atoms with E-state index in [1.807, 2.05) is 32.0 Å². The summed E-state index contributed by atoms with van der Waals surface area (Å²) in [4.78, 5) is 24.3. The van der Waals surface area contributed by atoms with Crippen molar-refractivity contribution in [3.05, 3.63) is 29.3 Å². The number of carboxylic acids is 1. The summed E-state index contributed by atoms with van der Waals surface area (Å²) in [7, 11) is 1.60. The molecule has 1 unspecified atom stereocenters. The quantitative estimate of drug-likeness (QED) is 0.875. The fourth-order valence-corrected chi connectivity index (χ4v) is 3.29. The molecule has 1 atom stereocenters. The lowest BCUT2D eigenvalue weighted by molar-refractivity contribution is -0.149. The fourth-order valence-electron chi connectivity index (χ4n) is 3.29. The Morgan fingerprint density at radius 1 is 1.26 bits per heavy atom. The number of carboxylic acid groups (broad SMARTS) is 1. The molecule has 1 fully saturated rings. The topological polar surface area (TPSA) is 75.6 Å². The molecule has 1 saturated carbocycles. The number of ether oxygens (including phenoxy) is 1. The Bertz CT molecular complexity index is 591. The molecule has 0 radical (unpaired) electrons. The van der Waals surface area contributed by atoms with E-state index >= 15 is 0 Å². The van der Waals surface area contributed by atoms with Gasteiger partial charge in [0.15, 0.2) is 0 Å². The summed E-state index contributed by atoms with van der Waals surface area (Å²) in [6, 6.07) is 5.57. The molecule has 0 heterocycles. The van der Waals surface area contributed by atoms with Gasteiger partial charge in [-0.05, 0) is 49.9 Å². The number of aryl methyl sites for hydroxylation is 1. The number of benzene rings is 1. The lowest BCUT2D eigenvalue weighted by atomic mass is 9.81. The smallest absolute Gasteiger partial charge is 0.329 e. The van der Waals surface area contributed by atoms with E-state index in [-0.39, 0.29) is 5.91 Å². The molecule has 5 nitrogen and oxygen atoms in total. The first-order chi connectivity index (χ1) is 10.9. The summed E-state index contributed by atoms with van der Waals surface area (Å²) in [5, 5.41) is 12.4. The SMILES string of the molecule is COc1ccc(C(C)C(=O)NC2(C(=O)O)CCCCC2)c(C)c1. The van der Waals surface area contributed by atoms with E-state index in [0.29, 0.717) is 12.8 Å².